The van der Waals surface area contributed by atoms with Gasteiger partial charge in [0.25, 0.3) is 0 Å². The van der Waals surface area contributed by atoms with Crippen LogP contribution in [-0.2, 0) is 35.8 Å². The minimum atomic E-state index is -1.02. The van der Waals surface area contributed by atoms with Crippen molar-refractivity contribution in [3.63, 3.8) is 0 Å². The number of anilines is 2. The van der Waals surface area contributed by atoms with Crippen molar-refractivity contribution in [1.29, 1.82) is 0 Å². The van der Waals surface area contributed by atoms with E-state index in [9.17, 15) is 4.39 Å². The highest BCUT2D eigenvalue weighted by Crippen LogP contribution is 2.34. The van der Waals surface area contributed by atoms with Crippen LogP contribution in [0.4, 0.5) is 16.2 Å². The molecular formula is C18H20FN5O2. The zero-order chi connectivity index (χ0) is 17.7. The Balaban J connectivity index is 1.49. The second-order valence-corrected chi connectivity index (χ2v) is 6.96. The van der Waals surface area contributed by atoms with Gasteiger partial charge in [0.1, 0.15) is 18.1 Å². The van der Waals surface area contributed by atoms with Crippen molar-refractivity contribution in [3.05, 3.63) is 40.8 Å². The number of methoxy groups -OCH3 is 1. The predicted molar refractivity (Wildman–Crippen MR) is 92.6 cm³/mol. The Morgan fingerprint density at radius 2 is 2.04 bits per heavy atom. The largest absolute Gasteiger partial charge is 0.377 e. The molecule has 0 bridgehead atoms. The van der Waals surface area contributed by atoms with Gasteiger partial charge in [0.2, 0.25) is 5.95 Å². The average molecular weight is 357 g/mol. The number of nitrogens with zero attached hydrogens (tertiary/aromatic N) is 5. The van der Waals surface area contributed by atoms with E-state index in [2.05, 4.69) is 9.88 Å². The standard InChI is InChI=1S/C18H20FN5O2/c1-25-16-8-23(7-14(16)19)17-13-9-26-10-15(13)21-18(22-17)24-5-11-2-3-20-4-12(11)6-24/h2-4,14,16H,5-10H2,1H3. The molecule has 2 aromatic heterocycles. The van der Waals surface area contributed by atoms with Gasteiger partial charge in [-0.25, -0.2) is 9.37 Å². The zero-order valence-electron chi connectivity index (χ0n) is 14.6. The number of rotatable bonds is 3. The summed E-state index contributed by atoms with van der Waals surface area (Å²) in [7, 11) is 1.55. The molecule has 2 unspecified atom stereocenters. The SMILES string of the molecule is COC1CN(c2nc(N3Cc4ccncc4C3)nc3c2COC3)CC1F. The van der Waals surface area contributed by atoms with E-state index in [0.29, 0.717) is 25.7 Å². The molecular weight excluding hydrogens is 337 g/mol. The lowest BCUT2D eigenvalue weighted by molar-refractivity contribution is 0.0650. The smallest absolute Gasteiger partial charge is 0.228 e. The summed E-state index contributed by atoms with van der Waals surface area (Å²) in [5.41, 5.74) is 4.30. The first kappa shape index (κ1) is 15.9. The van der Waals surface area contributed by atoms with Gasteiger partial charge in [0, 0.05) is 44.7 Å². The molecule has 1 fully saturated rings. The van der Waals surface area contributed by atoms with Crippen molar-refractivity contribution in [2.75, 3.05) is 30.0 Å². The Morgan fingerprint density at radius 1 is 1.15 bits per heavy atom. The highest BCUT2D eigenvalue weighted by molar-refractivity contribution is 5.56. The Kier molecular flexibility index (Phi) is 3.75. The van der Waals surface area contributed by atoms with E-state index in [1.165, 1.54) is 11.1 Å². The number of halogens is 1. The van der Waals surface area contributed by atoms with Crippen LogP contribution in [0.5, 0.6) is 0 Å². The van der Waals surface area contributed by atoms with Crippen molar-refractivity contribution >= 4 is 11.8 Å². The lowest BCUT2D eigenvalue weighted by atomic mass is 10.2. The van der Waals surface area contributed by atoms with E-state index in [-0.39, 0.29) is 6.54 Å². The van der Waals surface area contributed by atoms with Crippen LogP contribution in [0.15, 0.2) is 18.5 Å². The van der Waals surface area contributed by atoms with E-state index >= 15 is 0 Å². The molecule has 8 heteroatoms. The number of alkyl halides is 1. The molecule has 5 heterocycles. The second kappa shape index (κ2) is 6.14. The highest BCUT2D eigenvalue weighted by atomic mass is 19.1. The number of pyridine rings is 1. The maximum absolute atomic E-state index is 14.2. The third-order valence-corrected chi connectivity index (χ3v) is 5.36. The van der Waals surface area contributed by atoms with Gasteiger partial charge < -0.3 is 19.3 Å². The van der Waals surface area contributed by atoms with E-state index in [1.54, 1.807) is 7.11 Å². The molecule has 3 aliphatic rings. The molecule has 2 atom stereocenters. The summed E-state index contributed by atoms with van der Waals surface area (Å²) in [5, 5.41) is 0. The molecule has 0 aliphatic carbocycles. The van der Waals surface area contributed by atoms with Crippen LogP contribution >= 0.6 is 0 Å². The lowest BCUT2D eigenvalue weighted by Crippen LogP contribution is -2.26. The van der Waals surface area contributed by atoms with E-state index in [0.717, 1.165) is 30.2 Å². The predicted octanol–water partition coefficient (Wildman–Crippen LogP) is 1.60. The number of hydrogen-bond acceptors (Lipinski definition) is 7. The molecule has 2 aromatic rings. The third-order valence-electron chi connectivity index (χ3n) is 5.36. The molecule has 0 aromatic carbocycles. The van der Waals surface area contributed by atoms with Crippen LogP contribution in [0.25, 0.3) is 0 Å². The van der Waals surface area contributed by atoms with E-state index in [1.807, 2.05) is 23.4 Å². The average Bonchev–Trinajstić information content (AvgIpc) is 3.37. The van der Waals surface area contributed by atoms with Crippen LogP contribution in [-0.4, -0.2) is 47.4 Å². The number of ether oxygens (including phenoxy) is 2. The Labute approximate surface area is 150 Å². The molecule has 5 rings (SSSR count). The first-order valence-corrected chi connectivity index (χ1v) is 8.79. The van der Waals surface area contributed by atoms with Gasteiger partial charge in [-0.05, 0) is 17.2 Å². The van der Waals surface area contributed by atoms with Crippen LogP contribution in [0.3, 0.4) is 0 Å². The molecule has 0 amide bonds. The summed E-state index contributed by atoms with van der Waals surface area (Å²) in [5.74, 6) is 1.44. The summed E-state index contributed by atoms with van der Waals surface area (Å²) in [4.78, 5) is 17.8. The van der Waals surface area contributed by atoms with E-state index < -0.39 is 12.3 Å². The normalized spacial score (nSPS) is 24.2. The molecule has 136 valence electrons. The minimum Gasteiger partial charge on any atom is -0.377 e. The second-order valence-electron chi connectivity index (χ2n) is 6.96. The fraction of sp³-hybridized carbons (Fsp3) is 0.500. The lowest BCUT2D eigenvalue weighted by Gasteiger charge is -2.23. The minimum absolute atomic E-state index is 0.283. The number of aromatic nitrogens is 3. The third kappa shape index (κ3) is 2.52. The van der Waals surface area contributed by atoms with Crippen LogP contribution < -0.4 is 9.80 Å². The molecule has 0 radical (unpaired) electrons. The fourth-order valence-electron chi connectivity index (χ4n) is 3.91. The van der Waals surface area contributed by atoms with Crippen molar-refractivity contribution in [2.24, 2.45) is 0 Å². The first-order valence-electron chi connectivity index (χ1n) is 8.79. The van der Waals surface area contributed by atoms with Crippen LogP contribution in [0.1, 0.15) is 22.4 Å². The zero-order valence-corrected chi connectivity index (χ0v) is 14.6. The molecule has 26 heavy (non-hydrogen) atoms. The summed E-state index contributed by atoms with van der Waals surface area (Å²) in [6.07, 6.45) is 2.26. The highest BCUT2D eigenvalue weighted by Gasteiger charge is 2.36. The van der Waals surface area contributed by atoms with Crippen LogP contribution in [0, 0.1) is 0 Å². The topological polar surface area (TPSA) is 63.6 Å². The Hall–Kier alpha value is -2.32. The Morgan fingerprint density at radius 3 is 2.85 bits per heavy atom. The summed E-state index contributed by atoms with van der Waals surface area (Å²) >= 11 is 0. The maximum Gasteiger partial charge on any atom is 0.228 e. The maximum atomic E-state index is 14.2. The molecule has 7 nitrogen and oxygen atoms in total. The van der Waals surface area contributed by atoms with Crippen LogP contribution in [0.2, 0.25) is 0 Å². The monoisotopic (exact) mass is 357 g/mol. The van der Waals surface area contributed by atoms with Crippen molar-refractivity contribution in [1.82, 2.24) is 15.0 Å². The Bertz CT molecular complexity index is 823. The molecule has 3 aliphatic heterocycles. The van der Waals surface area contributed by atoms with Crippen molar-refractivity contribution < 1.29 is 13.9 Å². The van der Waals surface area contributed by atoms with Gasteiger partial charge in [-0.1, -0.05) is 0 Å². The summed E-state index contributed by atoms with van der Waals surface area (Å²) in [6, 6.07) is 2.03. The van der Waals surface area contributed by atoms with Gasteiger partial charge in [0.15, 0.2) is 0 Å². The first-order chi connectivity index (χ1) is 12.7. The van der Waals surface area contributed by atoms with E-state index in [4.69, 9.17) is 19.4 Å². The number of fused-ring (bicyclic) bond motifs is 2. The van der Waals surface area contributed by atoms with Crippen molar-refractivity contribution in [2.45, 2.75) is 38.6 Å². The van der Waals surface area contributed by atoms with Crippen molar-refractivity contribution in [3.8, 4) is 0 Å². The summed E-state index contributed by atoms with van der Waals surface area (Å²) < 4.78 is 25.0. The van der Waals surface area contributed by atoms with Gasteiger partial charge >= 0.3 is 0 Å². The van der Waals surface area contributed by atoms with Gasteiger partial charge in [-0.3, -0.25) is 4.98 Å². The summed E-state index contributed by atoms with van der Waals surface area (Å²) in [6.45, 7) is 3.20. The fourth-order valence-corrected chi connectivity index (χ4v) is 3.91. The molecule has 1 saturated heterocycles. The molecule has 0 spiro atoms. The van der Waals surface area contributed by atoms with Gasteiger partial charge in [-0.15, -0.1) is 0 Å². The number of hydrogen-bond donors (Lipinski definition) is 0. The van der Waals surface area contributed by atoms with Gasteiger partial charge in [0.05, 0.1) is 25.5 Å². The quantitative estimate of drug-likeness (QED) is 0.827. The molecule has 0 saturated carbocycles. The molecule has 0 N–H and O–H groups in total. The van der Waals surface area contributed by atoms with Gasteiger partial charge in [-0.2, -0.15) is 4.98 Å².